The number of tetrazole rings is 1. The number of carbonyl (C=O) groups is 2. The maximum Gasteiger partial charge on any atom is 0.455 e. The fraction of sp³-hybridized carbons (Fsp3) is 0.261. The van der Waals surface area contributed by atoms with Crippen LogP contribution in [0.25, 0.3) is 5.82 Å². The van der Waals surface area contributed by atoms with Crippen LogP contribution in [0.2, 0.25) is 15.1 Å². The van der Waals surface area contributed by atoms with Crippen LogP contribution in [0, 0.1) is 0 Å². The first-order valence-electron chi connectivity index (χ1n) is 11.4. The third-order valence-corrected chi connectivity index (χ3v) is 6.56. The second-order valence-corrected chi connectivity index (χ2v) is 9.86. The molecule has 1 N–H and O–H groups in total. The minimum Gasteiger partial charge on any atom is -0.377 e. The Labute approximate surface area is 238 Å². The van der Waals surface area contributed by atoms with E-state index in [1.807, 2.05) is 0 Å². The van der Waals surface area contributed by atoms with E-state index in [9.17, 15) is 22.8 Å². The van der Waals surface area contributed by atoms with Crippen molar-refractivity contribution in [3.05, 3.63) is 79.9 Å². The lowest BCUT2D eigenvalue weighted by Crippen LogP contribution is -2.48. The normalized spacial score (nSPS) is 13.8. The van der Waals surface area contributed by atoms with Gasteiger partial charge in [0.05, 0.1) is 30.0 Å². The van der Waals surface area contributed by atoms with E-state index in [0.717, 1.165) is 4.68 Å². The van der Waals surface area contributed by atoms with Crippen molar-refractivity contribution in [1.29, 1.82) is 0 Å². The number of hydrogen-bond donors (Lipinski definition) is 1. The number of rotatable bonds is 8. The maximum absolute atomic E-state index is 13.6. The first kappa shape index (κ1) is 28.0. The molecule has 0 atom stereocenters. The molecule has 1 amide bonds. The zero-order valence-electron chi connectivity index (χ0n) is 20.0. The van der Waals surface area contributed by atoms with Crippen LogP contribution in [0.3, 0.4) is 0 Å². The molecule has 0 spiro atoms. The van der Waals surface area contributed by atoms with Crippen molar-refractivity contribution < 1.29 is 27.5 Å². The Bertz CT molecular complexity index is 1600. The highest BCUT2D eigenvalue weighted by atomic mass is 35.5. The molecule has 11 nitrogen and oxygen atoms in total. The molecular formula is C23H16Cl3F3N8O3. The maximum atomic E-state index is 13.6. The van der Waals surface area contributed by atoms with E-state index in [4.69, 9.17) is 39.5 Å². The molecule has 1 saturated heterocycles. The van der Waals surface area contributed by atoms with Gasteiger partial charge in [-0.3, -0.25) is 9.59 Å². The molecule has 208 valence electrons. The zero-order chi connectivity index (χ0) is 28.6. The second-order valence-electron chi connectivity index (χ2n) is 8.60. The predicted octanol–water partition coefficient (Wildman–Crippen LogP) is 3.84. The standard InChI is InChI=1S/C23H16Cl3F3N8O3/c24-11-4-15(21(39)31-13-9-40-10-13)14(17(26)5-11)7-19(38)18-6-12(8-36-34-22(32-35-36)23(27,28)29)33-37(18)20-16(25)2-1-3-30-20/h1-6,13H,7-10H2,(H,31,39). The Morgan fingerprint density at radius 3 is 2.52 bits per heavy atom. The summed E-state index contributed by atoms with van der Waals surface area (Å²) in [7, 11) is 0. The molecule has 0 bridgehead atoms. The number of ether oxygens (including phenoxy) is 1. The topological polar surface area (TPSA) is 130 Å². The van der Waals surface area contributed by atoms with Gasteiger partial charge in [0.2, 0.25) is 0 Å². The molecule has 0 unspecified atom stereocenters. The van der Waals surface area contributed by atoms with Crippen LogP contribution in [-0.4, -0.2) is 65.9 Å². The second kappa shape index (κ2) is 11.1. The monoisotopic (exact) mass is 614 g/mol. The molecular weight excluding hydrogens is 600 g/mol. The molecule has 1 aliphatic heterocycles. The van der Waals surface area contributed by atoms with Crippen LogP contribution in [0.15, 0.2) is 36.5 Å². The minimum atomic E-state index is -4.78. The molecule has 17 heteroatoms. The first-order valence-corrected chi connectivity index (χ1v) is 12.6. The van der Waals surface area contributed by atoms with Gasteiger partial charge in [-0.15, -0.1) is 10.2 Å². The summed E-state index contributed by atoms with van der Waals surface area (Å²) < 4.78 is 45.0. The van der Waals surface area contributed by atoms with Gasteiger partial charge in [-0.25, -0.2) is 9.67 Å². The number of nitrogens with one attached hydrogen (secondary N) is 1. The number of hydrogen-bond acceptors (Lipinski definition) is 8. The van der Waals surface area contributed by atoms with E-state index in [2.05, 4.69) is 30.8 Å². The molecule has 4 heterocycles. The summed E-state index contributed by atoms with van der Waals surface area (Å²) in [5, 5.41) is 17.3. The van der Waals surface area contributed by atoms with Crippen LogP contribution >= 0.6 is 34.8 Å². The zero-order valence-corrected chi connectivity index (χ0v) is 22.3. The van der Waals surface area contributed by atoms with E-state index in [1.54, 1.807) is 6.07 Å². The van der Waals surface area contributed by atoms with E-state index in [-0.39, 0.29) is 62.4 Å². The average molecular weight is 616 g/mol. The molecule has 0 saturated carbocycles. The fourth-order valence-electron chi connectivity index (χ4n) is 3.79. The van der Waals surface area contributed by atoms with Crippen LogP contribution < -0.4 is 5.32 Å². The summed E-state index contributed by atoms with van der Waals surface area (Å²) in [5.41, 5.74) is 0.396. The smallest absolute Gasteiger partial charge is 0.377 e. The van der Waals surface area contributed by atoms with Crippen LogP contribution in [-0.2, 0) is 23.9 Å². The van der Waals surface area contributed by atoms with Gasteiger partial charge in [0.25, 0.3) is 11.7 Å². The summed E-state index contributed by atoms with van der Waals surface area (Å²) >= 11 is 18.8. The molecule has 1 aliphatic rings. The molecule has 0 radical (unpaired) electrons. The van der Waals surface area contributed by atoms with Gasteiger partial charge in [0.1, 0.15) is 12.2 Å². The Morgan fingerprint density at radius 1 is 1.10 bits per heavy atom. The van der Waals surface area contributed by atoms with E-state index in [1.165, 1.54) is 30.5 Å². The number of ketones is 1. The summed E-state index contributed by atoms with van der Waals surface area (Å²) in [6.07, 6.45) is -3.71. The number of nitrogens with zero attached hydrogens (tertiary/aromatic N) is 7. The Hall–Kier alpha value is -3.59. The third-order valence-electron chi connectivity index (χ3n) is 5.71. The van der Waals surface area contributed by atoms with Crippen LogP contribution in [0.4, 0.5) is 13.2 Å². The molecule has 3 aromatic heterocycles. The minimum absolute atomic E-state index is 0.0310. The Kier molecular flexibility index (Phi) is 7.77. The van der Waals surface area contributed by atoms with Crippen LogP contribution in [0.1, 0.15) is 37.9 Å². The summed E-state index contributed by atoms with van der Waals surface area (Å²) in [6, 6.07) is 7.05. The van der Waals surface area contributed by atoms with Gasteiger partial charge in [-0.05, 0) is 41.1 Å². The van der Waals surface area contributed by atoms with Gasteiger partial charge >= 0.3 is 6.18 Å². The van der Waals surface area contributed by atoms with Gasteiger partial charge in [0.15, 0.2) is 11.6 Å². The van der Waals surface area contributed by atoms with Crippen molar-refractivity contribution >= 4 is 46.5 Å². The first-order chi connectivity index (χ1) is 19.0. The van der Waals surface area contributed by atoms with Crippen molar-refractivity contribution in [3.8, 4) is 5.82 Å². The summed E-state index contributed by atoms with van der Waals surface area (Å²) in [5.74, 6) is -2.37. The van der Waals surface area contributed by atoms with E-state index < -0.39 is 23.7 Å². The molecule has 40 heavy (non-hydrogen) atoms. The Morgan fingerprint density at radius 2 is 1.88 bits per heavy atom. The summed E-state index contributed by atoms with van der Waals surface area (Å²) in [6.45, 7) is 0.359. The SMILES string of the molecule is O=C(NC1COC1)c1cc(Cl)cc(Cl)c1CC(=O)c1cc(Cn2nnc(C(F)(F)F)n2)nn1-c1ncccc1Cl. The van der Waals surface area contributed by atoms with E-state index in [0.29, 0.717) is 18.0 Å². The fourth-order valence-corrected chi connectivity index (χ4v) is 4.55. The van der Waals surface area contributed by atoms with Crippen molar-refractivity contribution in [2.45, 2.75) is 25.2 Å². The number of aromatic nitrogens is 7. The highest BCUT2D eigenvalue weighted by molar-refractivity contribution is 6.36. The lowest BCUT2D eigenvalue weighted by molar-refractivity contribution is -0.145. The Balaban J connectivity index is 1.50. The van der Waals surface area contributed by atoms with Crippen molar-refractivity contribution in [2.75, 3.05) is 13.2 Å². The molecule has 4 aromatic rings. The number of Topliss-reactive ketones (excluding diaryl/α,β-unsaturated/α-hetero) is 1. The van der Waals surface area contributed by atoms with E-state index >= 15 is 0 Å². The van der Waals surface area contributed by atoms with Crippen molar-refractivity contribution in [1.82, 2.24) is 40.3 Å². The highest BCUT2D eigenvalue weighted by Gasteiger charge is 2.37. The third kappa shape index (κ3) is 5.94. The largest absolute Gasteiger partial charge is 0.455 e. The lowest BCUT2D eigenvalue weighted by Gasteiger charge is -2.27. The van der Waals surface area contributed by atoms with Gasteiger partial charge in [-0.2, -0.15) is 23.1 Å². The lowest BCUT2D eigenvalue weighted by atomic mass is 9.99. The molecule has 1 aromatic carbocycles. The van der Waals surface area contributed by atoms with Crippen molar-refractivity contribution in [3.63, 3.8) is 0 Å². The van der Waals surface area contributed by atoms with Crippen LogP contribution in [0.5, 0.6) is 0 Å². The predicted molar refractivity (Wildman–Crippen MR) is 135 cm³/mol. The quantitative estimate of drug-likeness (QED) is 0.296. The highest BCUT2D eigenvalue weighted by Crippen LogP contribution is 2.29. The number of benzene rings is 1. The molecule has 0 aliphatic carbocycles. The molecule has 1 fully saturated rings. The molecule has 5 rings (SSSR count). The average Bonchev–Trinajstić information content (AvgIpc) is 3.51. The number of amides is 1. The summed E-state index contributed by atoms with van der Waals surface area (Å²) in [4.78, 5) is 31.5. The van der Waals surface area contributed by atoms with Gasteiger partial charge in [-0.1, -0.05) is 34.8 Å². The van der Waals surface area contributed by atoms with Gasteiger partial charge < -0.3 is 10.1 Å². The number of pyridine rings is 1. The number of carbonyl (C=O) groups excluding carboxylic acids is 2. The van der Waals surface area contributed by atoms with Crippen molar-refractivity contribution in [2.24, 2.45) is 0 Å². The number of alkyl halides is 3. The van der Waals surface area contributed by atoms with Gasteiger partial charge in [0, 0.05) is 28.2 Å². The number of halogens is 6.